The highest BCUT2D eigenvalue weighted by molar-refractivity contribution is 7.99. The van der Waals surface area contributed by atoms with E-state index in [1.54, 1.807) is 6.92 Å². The molecule has 1 saturated carbocycles. The summed E-state index contributed by atoms with van der Waals surface area (Å²) in [6.45, 7) is 4.76. The summed E-state index contributed by atoms with van der Waals surface area (Å²) in [5, 5.41) is 16.0. The molecule has 1 aliphatic carbocycles. The average molecular weight is 406 g/mol. The van der Waals surface area contributed by atoms with Crippen molar-refractivity contribution in [3.63, 3.8) is 0 Å². The van der Waals surface area contributed by atoms with E-state index in [1.807, 2.05) is 4.90 Å². The Morgan fingerprint density at radius 3 is 2.79 bits per heavy atom. The molecule has 1 fully saturated rings. The van der Waals surface area contributed by atoms with Crippen LogP contribution in [0.25, 0.3) is 0 Å². The van der Waals surface area contributed by atoms with Gasteiger partial charge in [0.25, 0.3) is 12.0 Å². The molecule has 4 rings (SSSR count). The van der Waals surface area contributed by atoms with Crippen LogP contribution in [-0.2, 0) is 16.1 Å². The average Bonchev–Trinajstić information content (AvgIpc) is 3.38. The van der Waals surface area contributed by atoms with E-state index in [9.17, 15) is 9.59 Å². The largest absolute Gasteiger partial charge is 0.483 e. The van der Waals surface area contributed by atoms with Gasteiger partial charge in [-0.15, -0.1) is 10.2 Å². The number of aryl methyl sites for hydroxylation is 1. The fourth-order valence-corrected chi connectivity index (χ4v) is 4.04. The van der Waals surface area contributed by atoms with Gasteiger partial charge in [-0.3, -0.25) is 14.4 Å². The highest BCUT2D eigenvalue weighted by atomic mass is 32.2. The molecule has 10 nitrogen and oxygen atoms in total. The van der Waals surface area contributed by atoms with Crippen LogP contribution in [-0.4, -0.2) is 59.4 Å². The number of fused-ring (bicyclic) bond motifs is 1. The van der Waals surface area contributed by atoms with Crippen LogP contribution in [0.4, 0.5) is 0 Å². The Kier molecular flexibility index (Phi) is 6.12. The number of rotatable bonds is 4. The lowest BCUT2D eigenvalue weighted by Gasteiger charge is -2.32. The smallest absolute Gasteiger partial charge is 0.290 e. The van der Waals surface area contributed by atoms with Crippen molar-refractivity contribution in [2.75, 3.05) is 12.3 Å². The molecule has 2 aromatic rings. The van der Waals surface area contributed by atoms with E-state index < -0.39 is 0 Å². The van der Waals surface area contributed by atoms with Gasteiger partial charge in [0.2, 0.25) is 5.91 Å². The van der Waals surface area contributed by atoms with E-state index in [1.165, 1.54) is 30.7 Å². The van der Waals surface area contributed by atoms with E-state index >= 15 is 0 Å². The number of hydrogen-bond acceptors (Lipinski definition) is 7. The summed E-state index contributed by atoms with van der Waals surface area (Å²) in [6.07, 6.45) is 2.37. The lowest BCUT2D eigenvalue weighted by molar-refractivity contribution is -0.130. The number of nitrogens with one attached hydrogen (secondary N) is 1. The summed E-state index contributed by atoms with van der Waals surface area (Å²) in [7, 11) is 0. The fraction of sp³-hybridized carbons (Fsp3) is 0.529. The highest BCUT2D eigenvalue weighted by Crippen LogP contribution is 2.41. The van der Waals surface area contributed by atoms with Gasteiger partial charge in [0, 0.05) is 24.2 Å². The molecule has 1 amide bonds. The van der Waals surface area contributed by atoms with Crippen molar-refractivity contribution < 1.29 is 14.7 Å². The minimum Gasteiger partial charge on any atom is -0.483 e. The van der Waals surface area contributed by atoms with Crippen molar-refractivity contribution in [2.24, 2.45) is 0 Å². The van der Waals surface area contributed by atoms with Crippen LogP contribution in [0.15, 0.2) is 16.0 Å². The van der Waals surface area contributed by atoms with Crippen molar-refractivity contribution in [3.05, 3.63) is 33.8 Å². The molecule has 2 N–H and O–H groups in total. The van der Waals surface area contributed by atoms with Crippen molar-refractivity contribution in [3.8, 4) is 0 Å². The molecule has 0 saturated heterocycles. The lowest BCUT2D eigenvalue weighted by Crippen LogP contribution is -2.41. The van der Waals surface area contributed by atoms with Gasteiger partial charge in [0.1, 0.15) is 5.82 Å². The number of aromatic amines is 1. The highest BCUT2D eigenvalue weighted by Gasteiger charge is 2.35. The maximum absolute atomic E-state index is 12.6. The van der Waals surface area contributed by atoms with Gasteiger partial charge in [-0.05, 0) is 26.7 Å². The molecule has 1 atom stereocenters. The van der Waals surface area contributed by atoms with Gasteiger partial charge >= 0.3 is 0 Å². The summed E-state index contributed by atoms with van der Waals surface area (Å²) in [5.74, 6) is 2.74. The van der Waals surface area contributed by atoms with Crippen LogP contribution >= 0.6 is 11.8 Å². The first-order chi connectivity index (χ1) is 13.4. The summed E-state index contributed by atoms with van der Waals surface area (Å²) in [6, 6.07) is 1.61. The van der Waals surface area contributed by atoms with Gasteiger partial charge < -0.3 is 19.6 Å². The summed E-state index contributed by atoms with van der Waals surface area (Å²) >= 11 is 1.25. The van der Waals surface area contributed by atoms with E-state index in [4.69, 9.17) is 9.90 Å². The third-order valence-corrected chi connectivity index (χ3v) is 5.38. The second-order valence-corrected chi connectivity index (χ2v) is 7.79. The topological polar surface area (TPSA) is 134 Å². The molecular formula is C17H22N6O4S. The normalized spacial score (nSPS) is 18.1. The van der Waals surface area contributed by atoms with Crippen LogP contribution in [0.1, 0.15) is 49.1 Å². The number of hydrogen-bond donors (Lipinski definition) is 2. The summed E-state index contributed by atoms with van der Waals surface area (Å²) < 4.78 is 2.20. The van der Waals surface area contributed by atoms with Crippen LogP contribution in [0.2, 0.25) is 0 Å². The monoisotopic (exact) mass is 406 g/mol. The maximum atomic E-state index is 12.6. The Morgan fingerprint density at radius 2 is 2.14 bits per heavy atom. The molecule has 3 heterocycles. The quantitative estimate of drug-likeness (QED) is 0.435. The Labute approximate surface area is 165 Å². The van der Waals surface area contributed by atoms with E-state index in [0.717, 1.165) is 11.6 Å². The lowest BCUT2D eigenvalue weighted by atomic mass is 10.2. The van der Waals surface area contributed by atoms with Gasteiger partial charge in [0.15, 0.2) is 11.0 Å². The molecule has 11 heteroatoms. The van der Waals surface area contributed by atoms with Crippen molar-refractivity contribution in [2.45, 2.75) is 50.4 Å². The third-order valence-electron chi connectivity index (χ3n) is 4.53. The molecule has 0 spiro atoms. The number of carboxylic acid groups (broad SMARTS) is 1. The second-order valence-electron chi connectivity index (χ2n) is 6.83. The van der Waals surface area contributed by atoms with Crippen molar-refractivity contribution in [1.82, 2.24) is 29.6 Å². The molecule has 1 aliphatic heterocycles. The number of carbonyl (C=O) groups excluding carboxylic acids is 1. The van der Waals surface area contributed by atoms with Crippen LogP contribution in [0.5, 0.6) is 0 Å². The molecule has 0 aromatic carbocycles. The first-order valence-corrected chi connectivity index (χ1v) is 9.91. The minimum atomic E-state index is -0.250. The molecular weight excluding hydrogens is 384 g/mol. The Balaban J connectivity index is 0.000000706. The standard InChI is InChI=1S/C16H20N6O2S.CH2O2/c1-9-5-13(23)18-16(17-9)25-8-14(24)21-6-10(2)22-12(7-21)19-20-15(22)11-3-4-11;2-1-3/h5,10-11H,3-4,6-8H2,1-2H3,(H,17,18,23);1H,(H,2,3)/t10-;/m0./s1. The molecule has 2 aliphatic rings. The van der Waals surface area contributed by atoms with E-state index in [0.29, 0.717) is 29.9 Å². The zero-order valence-corrected chi connectivity index (χ0v) is 16.5. The van der Waals surface area contributed by atoms with E-state index in [2.05, 4.69) is 31.7 Å². The minimum absolute atomic E-state index is 0.0169. The predicted molar refractivity (Wildman–Crippen MR) is 101 cm³/mol. The molecule has 150 valence electrons. The summed E-state index contributed by atoms with van der Waals surface area (Å²) in [5.41, 5.74) is 0.445. The second kappa shape index (κ2) is 8.55. The fourth-order valence-electron chi connectivity index (χ4n) is 3.21. The molecule has 0 radical (unpaired) electrons. The van der Waals surface area contributed by atoms with Crippen molar-refractivity contribution >= 4 is 24.1 Å². The SMILES string of the molecule is Cc1cc(=O)[nH]c(SCC(=O)N2Cc3nnc(C4CC4)n3[C@@H](C)C2)n1.O=CO. The third kappa shape index (κ3) is 4.58. The van der Waals surface area contributed by atoms with Crippen LogP contribution in [0, 0.1) is 6.92 Å². The number of aromatic nitrogens is 5. The molecule has 0 unspecified atom stereocenters. The Bertz CT molecular complexity index is 923. The summed E-state index contributed by atoms with van der Waals surface area (Å²) in [4.78, 5) is 41.1. The number of amides is 1. The Morgan fingerprint density at radius 1 is 1.43 bits per heavy atom. The predicted octanol–water partition coefficient (Wildman–Crippen LogP) is 0.944. The number of nitrogens with zero attached hydrogens (tertiary/aromatic N) is 5. The van der Waals surface area contributed by atoms with Crippen molar-refractivity contribution in [1.29, 1.82) is 0 Å². The first kappa shape index (κ1) is 20.1. The molecule has 28 heavy (non-hydrogen) atoms. The van der Waals surface area contributed by atoms with Gasteiger partial charge in [-0.1, -0.05) is 11.8 Å². The first-order valence-electron chi connectivity index (χ1n) is 8.93. The number of H-pyrrole nitrogens is 1. The molecule has 0 bridgehead atoms. The zero-order valence-electron chi connectivity index (χ0n) is 15.7. The number of thioether (sulfide) groups is 1. The Hall–Kier alpha value is -2.69. The van der Waals surface area contributed by atoms with Crippen LogP contribution < -0.4 is 5.56 Å². The van der Waals surface area contributed by atoms with Gasteiger partial charge in [0.05, 0.1) is 18.3 Å². The maximum Gasteiger partial charge on any atom is 0.290 e. The zero-order chi connectivity index (χ0) is 20.3. The number of carbonyl (C=O) groups is 2. The molecule has 2 aromatic heterocycles. The van der Waals surface area contributed by atoms with Gasteiger partial charge in [-0.2, -0.15) is 0 Å². The van der Waals surface area contributed by atoms with E-state index in [-0.39, 0.29) is 29.7 Å². The van der Waals surface area contributed by atoms with Crippen LogP contribution in [0.3, 0.4) is 0 Å². The van der Waals surface area contributed by atoms with Gasteiger partial charge in [-0.25, -0.2) is 4.98 Å².